The molecule has 0 N–H and O–H groups in total. The molecule has 3 nitrogen and oxygen atoms in total. The Bertz CT molecular complexity index is 411. The molecule has 0 saturated carbocycles. The average molecular weight is 274 g/mol. The van der Waals surface area contributed by atoms with E-state index in [0.29, 0.717) is 36.2 Å². The van der Waals surface area contributed by atoms with E-state index in [-0.39, 0.29) is 11.9 Å². The van der Waals surface area contributed by atoms with Gasteiger partial charge in [-0.25, -0.2) is 0 Å². The van der Waals surface area contributed by atoms with Crippen LogP contribution in [0.5, 0.6) is 0 Å². The van der Waals surface area contributed by atoms with Crippen molar-refractivity contribution in [1.29, 1.82) is 0 Å². The van der Waals surface area contributed by atoms with Crippen molar-refractivity contribution in [2.75, 3.05) is 25.6 Å². The number of nitrogens with zero attached hydrogens (tertiary/aromatic N) is 1. The van der Waals surface area contributed by atoms with Crippen molar-refractivity contribution in [2.24, 2.45) is 0 Å². The van der Waals surface area contributed by atoms with Gasteiger partial charge in [0.2, 0.25) is 0 Å². The molecule has 0 aliphatic carbocycles. The Kier molecular flexibility index (Phi) is 4.26. The molecule has 0 aromatic heterocycles. The normalized spacial score (nSPS) is 20.4. The summed E-state index contributed by atoms with van der Waals surface area (Å²) in [6, 6.07) is 6.89. The van der Waals surface area contributed by atoms with E-state index in [9.17, 15) is 4.79 Å². The van der Waals surface area contributed by atoms with Gasteiger partial charge in [0.1, 0.15) is 0 Å². The van der Waals surface area contributed by atoms with Crippen LogP contribution in [-0.4, -0.2) is 42.5 Å². The van der Waals surface area contributed by atoms with E-state index in [1.165, 1.54) is 0 Å². The number of hydrogen-bond donors (Lipinski definition) is 0. The minimum absolute atomic E-state index is 0.0403. The Morgan fingerprint density at radius 1 is 1.53 bits per heavy atom. The second-order valence-electron chi connectivity index (χ2n) is 3.89. The van der Waals surface area contributed by atoms with Crippen LogP contribution in [0.3, 0.4) is 0 Å². The fourth-order valence-electron chi connectivity index (χ4n) is 1.84. The third-order valence-electron chi connectivity index (χ3n) is 2.74. The number of rotatable bonds is 2. The molecule has 0 radical (unpaired) electrons. The fraction of sp³-hybridized carbons (Fsp3) is 0.417. The van der Waals surface area contributed by atoms with Gasteiger partial charge in [0.25, 0.3) is 5.91 Å². The second-order valence-corrected chi connectivity index (χ2v) is 4.64. The predicted molar refractivity (Wildman–Crippen MR) is 67.8 cm³/mol. The summed E-state index contributed by atoms with van der Waals surface area (Å²) in [6.07, 6.45) is 0. The first-order chi connectivity index (χ1) is 8.22. The summed E-state index contributed by atoms with van der Waals surface area (Å²) in [5, 5.41) is 0.562. The van der Waals surface area contributed by atoms with Crippen molar-refractivity contribution in [3.05, 3.63) is 34.9 Å². The number of alkyl halides is 1. The molecule has 0 spiro atoms. The molecule has 1 atom stereocenters. The van der Waals surface area contributed by atoms with Crippen LogP contribution in [0.2, 0.25) is 5.02 Å². The summed E-state index contributed by atoms with van der Waals surface area (Å²) in [5.41, 5.74) is 0.592. The Balaban J connectivity index is 2.18. The van der Waals surface area contributed by atoms with Crippen LogP contribution in [0.25, 0.3) is 0 Å². The number of carbonyl (C=O) groups excluding carboxylic acids is 1. The number of benzene rings is 1. The molecule has 2 rings (SSSR count). The van der Waals surface area contributed by atoms with Gasteiger partial charge in [-0.15, -0.1) is 11.6 Å². The fourth-order valence-corrected chi connectivity index (χ4v) is 2.28. The van der Waals surface area contributed by atoms with Crippen LogP contribution >= 0.6 is 23.2 Å². The van der Waals surface area contributed by atoms with Gasteiger partial charge in [0, 0.05) is 23.0 Å². The monoisotopic (exact) mass is 273 g/mol. The minimum atomic E-state index is -0.0584. The van der Waals surface area contributed by atoms with Crippen LogP contribution in [0.4, 0.5) is 0 Å². The van der Waals surface area contributed by atoms with Gasteiger partial charge in [-0.2, -0.15) is 0 Å². The molecule has 1 unspecified atom stereocenters. The molecule has 1 amide bonds. The van der Waals surface area contributed by atoms with E-state index < -0.39 is 0 Å². The lowest BCUT2D eigenvalue weighted by atomic mass is 10.1. The largest absolute Gasteiger partial charge is 0.377 e. The Labute approximate surface area is 110 Å². The number of hydrogen-bond acceptors (Lipinski definition) is 2. The van der Waals surface area contributed by atoms with Crippen LogP contribution in [-0.2, 0) is 4.74 Å². The number of halogens is 2. The lowest BCUT2D eigenvalue weighted by molar-refractivity contribution is 0.00456. The molecule has 17 heavy (non-hydrogen) atoms. The molecule has 92 valence electrons. The zero-order valence-corrected chi connectivity index (χ0v) is 10.7. The molecule has 5 heteroatoms. The van der Waals surface area contributed by atoms with E-state index in [2.05, 4.69) is 0 Å². The zero-order valence-electron chi connectivity index (χ0n) is 9.23. The lowest BCUT2D eigenvalue weighted by Gasteiger charge is -2.34. The molecular formula is C12H13Cl2NO2. The van der Waals surface area contributed by atoms with E-state index in [4.69, 9.17) is 27.9 Å². The van der Waals surface area contributed by atoms with Crippen molar-refractivity contribution in [1.82, 2.24) is 4.90 Å². The van der Waals surface area contributed by atoms with Gasteiger partial charge < -0.3 is 9.64 Å². The lowest BCUT2D eigenvalue weighted by Crippen LogP contribution is -2.49. The first kappa shape index (κ1) is 12.7. The van der Waals surface area contributed by atoms with E-state index in [0.717, 1.165) is 0 Å². The summed E-state index contributed by atoms with van der Waals surface area (Å²) in [6.45, 7) is 1.62. The quantitative estimate of drug-likeness (QED) is 0.775. The van der Waals surface area contributed by atoms with Crippen LogP contribution in [0, 0.1) is 0 Å². The van der Waals surface area contributed by atoms with Crippen molar-refractivity contribution in [3.8, 4) is 0 Å². The topological polar surface area (TPSA) is 29.5 Å². The Morgan fingerprint density at radius 2 is 2.35 bits per heavy atom. The second kappa shape index (κ2) is 5.71. The molecule has 1 fully saturated rings. The highest BCUT2D eigenvalue weighted by atomic mass is 35.5. The van der Waals surface area contributed by atoms with E-state index in [1.807, 2.05) is 0 Å². The van der Waals surface area contributed by atoms with Gasteiger partial charge >= 0.3 is 0 Å². The van der Waals surface area contributed by atoms with Crippen LogP contribution in [0.15, 0.2) is 24.3 Å². The maximum absolute atomic E-state index is 12.3. The van der Waals surface area contributed by atoms with Crippen molar-refractivity contribution in [3.63, 3.8) is 0 Å². The first-order valence-electron chi connectivity index (χ1n) is 5.42. The van der Waals surface area contributed by atoms with Crippen molar-refractivity contribution < 1.29 is 9.53 Å². The first-order valence-corrected chi connectivity index (χ1v) is 6.34. The highest BCUT2D eigenvalue weighted by Crippen LogP contribution is 2.16. The van der Waals surface area contributed by atoms with Gasteiger partial charge in [-0.1, -0.05) is 17.7 Å². The van der Waals surface area contributed by atoms with Crippen molar-refractivity contribution in [2.45, 2.75) is 6.04 Å². The van der Waals surface area contributed by atoms with Crippen LogP contribution in [0.1, 0.15) is 10.4 Å². The maximum Gasteiger partial charge on any atom is 0.254 e. The SMILES string of the molecule is O=C(c1cccc(Cl)c1)N1CCOCC1CCl. The van der Waals surface area contributed by atoms with E-state index >= 15 is 0 Å². The van der Waals surface area contributed by atoms with Crippen molar-refractivity contribution >= 4 is 29.1 Å². The summed E-state index contributed by atoms with van der Waals surface area (Å²) in [4.78, 5) is 14.0. The summed E-state index contributed by atoms with van der Waals surface area (Å²) < 4.78 is 5.31. The number of amides is 1. The Hall–Kier alpha value is -0.770. The zero-order chi connectivity index (χ0) is 12.3. The standard InChI is InChI=1S/C12H13Cl2NO2/c13-7-11-8-17-5-4-15(11)12(16)9-2-1-3-10(14)6-9/h1-3,6,11H,4-5,7-8H2. The summed E-state index contributed by atoms with van der Waals surface area (Å²) in [7, 11) is 0. The molecule has 1 heterocycles. The molecule has 1 aliphatic rings. The maximum atomic E-state index is 12.3. The van der Waals surface area contributed by atoms with Gasteiger partial charge in [-0.3, -0.25) is 4.79 Å². The molecule has 1 aromatic carbocycles. The highest BCUT2D eigenvalue weighted by molar-refractivity contribution is 6.31. The third kappa shape index (κ3) is 2.92. The molecule has 0 bridgehead atoms. The van der Waals surface area contributed by atoms with Gasteiger partial charge in [0.05, 0.1) is 19.3 Å². The highest BCUT2D eigenvalue weighted by Gasteiger charge is 2.27. The molecule has 1 aliphatic heterocycles. The molecular weight excluding hydrogens is 261 g/mol. The van der Waals surface area contributed by atoms with Gasteiger partial charge in [-0.05, 0) is 18.2 Å². The smallest absolute Gasteiger partial charge is 0.254 e. The minimum Gasteiger partial charge on any atom is -0.377 e. The summed E-state index contributed by atoms with van der Waals surface area (Å²) >= 11 is 11.7. The number of ether oxygens (including phenoxy) is 1. The molecule has 1 aromatic rings. The Morgan fingerprint density at radius 3 is 3.06 bits per heavy atom. The third-order valence-corrected chi connectivity index (χ3v) is 3.33. The average Bonchev–Trinajstić information content (AvgIpc) is 2.38. The number of carbonyl (C=O) groups is 1. The van der Waals surface area contributed by atoms with Gasteiger partial charge in [0.15, 0.2) is 0 Å². The summed E-state index contributed by atoms with van der Waals surface area (Å²) in [5.74, 6) is 0.341. The number of morpholine rings is 1. The van der Waals surface area contributed by atoms with E-state index in [1.54, 1.807) is 29.2 Å². The van der Waals surface area contributed by atoms with Crippen LogP contribution < -0.4 is 0 Å². The predicted octanol–water partition coefficient (Wildman–Crippen LogP) is 2.42. The molecule has 1 saturated heterocycles.